The monoisotopic (exact) mass is 272 g/mol. The number of phenols is 1. The summed E-state index contributed by atoms with van der Waals surface area (Å²) in [4.78, 5) is 11.8. The highest BCUT2D eigenvalue weighted by molar-refractivity contribution is 5.74. The smallest absolute Gasteiger partial charge is 0.347 e. The minimum absolute atomic E-state index is 0.150. The van der Waals surface area contributed by atoms with Crippen LogP contribution >= 0.6 is 0 Å². The summed E-state index contributed by atoms with van der Waals surface area (Å²) in [5, 5.41) is 9.16. The van der Waals surface area contributed by atoms with Crippen LogP contribution in [0.15, 0.2) is 54.6 Å². The molecule has 0 aromatic heterocycles. The normalized spacial score (nSPS) is 11.7. The van der Waals surface area contributed by atoms with Crippen LogP contribution in [-0.4, -0.2) is 17.2 Å². The molecule has 0 saturated carbocycles. The van der Waals surface area contributed by atoms with Crippen molar-refractivity contribution in [1.29, 1.82) is 0 Å². The number of rotatable bonds is 5. The zero-order valence-corrected chi connectivity index (χ0v) is 11.2. The van der Waals surface area contributed by atoms with Gasteiger partial charge in [0.2, 0.25) is 0 Å². The molecule has 0 bridgehead atoms. The molecule has 2 rings (SSSR count). The summed E-state index contributed by atoms with van der Waals surface area (Å²) in [6.07, 6.45) is -0.705. The third kappa shape index (κ3) is 4.02. The van der Waals surface area contributed by atoms with E-state index in [1.807, 2.05) is 30.3 Å². The molecule has 0 aliphatic heterocycles. The topological polar surface area (TPSA) is 55.8 Å². The minimum Gasteiger partial charge on any atom is -0.508 e. The van der Waals surface area contributed by atoms with Crippen LogP contribution in [0.3, 0.4) is 0 Å². The highest BCUT2D eigenvalue weighted by atomic mass is 16.6. The van der Waals surface area contributed by atoms with E-state index >= 15 is 0 Å². The van der Waals surface area contributed by atoms with Crippen molar-refractivity contribution in [1.82, 2.24) is 0 Å². The number of carbonyl (C=O) groups is 1. The van der Waals surface area contributed by atoms with Crippen molar-refractivity contribution in [3.63, 3.8) is 0 Å². The largest absolute Gasteiger partial charge is 0.508 e. The first-order valence-electron chi connectivity index (χ1n) is 6.31. The molecule has 0 heterocycles. The highest BCUT2D eigenvalue weighted by Gasteiger charge is 2.16. The predicted molar refractivity (Wildman–Crippen MR) is 74.4 cm³/mol. The zero-order chi connectivity index (χ0) is 14.4. The van der Waals surface area contributed by atoms with Crippen molar-refractivity contribution in [3.8, 4) is 11.5 Å². The van der Waals surface area contributed by atoms with E-state index in [4.69, 9.17) is 14.6 Å². The summed E-state index contributed by atoms with van der Waals surface area (Å²) in [5.41, 5.74) is 0.928. The molecule has 0 fully saturated rings. The van der Waals surface area contributed by atoms with E-state index in [0.717, 1.165) is 5.56 Å². The summed E-state index contributed by atoms with van der Waals surface area (Å²) >= 11 is 0. The highest BCUT2D eigenvalue weighted by Crippen LogP contribution is 2.17. The fourth-order valence-corrected chi connectivity index (χ4v) is 1.62. The van der Waals surface area contributed by atoms with Crippen molar-refractivity contribution in [2.24, 2.45) is 0 Å². The Morgan fingerprint density at radius 3 is 2.40 bits per heavy atom. The van der Waals surface area contributed by atoms with Gasteiger partial charge in [-0.15, -0.1) is 0 Å². The molecule has 2 aromatic rings. The Balaban J connectivity index is 1.84. The summed E-state index contributed by atoms with van der Waals surface area (Å²) in [7, 11) is 0. The van der Waals surface area contributed by atoms with Crippen molar-refractivity contribution < 1.29 is 19.4 Å². The number of hydrogen-bond donors (Lipinski definition) is 1. The van der Waals surface area contributed by atoms with Gasteiger partial charge < -0.3 is 14.6 Å². The van der Waals surface area contributed by atoms with Crippen LogP contribution < -0.4 is 4.74 Å². The second kappa shape index (κ2) is 6.61. The van der Waals surface area contributed by atoms with Crippen molar-refractivity contribution in [2.45, 2.75) is 19.6 Å². The molecular formula is C16H16O4. The lowest BCUT2D eigenvalue weighted by molar-refractivity contribution is -0.152. The van der Waals surface area contributed by atoms with Crippen LogP contribution in [0, 0.1) is 0 Å². The zero-order valence-electron chi connectivity index (χ0n) is 11.2. The Labute approximate surface area is 117 Å². The van der Waals surface area contributed by atoms with E-state index < -0.39 is 12.1 Å². The average Bonchev–Trinajstić information content (AvgIpc) is 2.48. The van der Waals surface area contributed by atoms with Gasteiger partial charge in [0, 0.05) is 0 Å². The van der Waals surface area contributed by atoms with Crippen molar-refractivity contribution in [2.75, 3.05) is 0 Å². The maximum absolute atomic E-state index is 11.8. The van der Waals surface area contributed by atoms with Gasteiger partial charge in [-0.1, -0.05) is 30.3 Å². The number of phenolic OH excluding ortho intramolecular Hbond substituents is 1. The predicted octanol–water partition coefficient (Wildman–Crippen LogP) is 2.90. The Hall–Kier alpha value is -2.49. The fourth-order valence-electron chi connectivity index (χ4n) is 1.62. The molecule has 0 unspecified atom stereocenters. The summed E-state index contributed by atoms with van der Waals surface area (Å²) < 4.78 is 10.6. The lowest BCUT2D eigenvalue weighted by atomic mass is 10.2. The van der Waals surface area contributed by atoms with Gasteiger partial charge in [-0.25, -0.2) is 4.79 Å². The van der Waals surface area contributed by atoms with E-state index in [9.17, 15) is 4.79 Å². The molecule has 2 aromatic carbocycles. The first-order chi connectivity index (χ1) is 9.65. The van der Waals surface area contributed by atoms with E-state index in [0.29, 0.717) is 5.75 Å². The van der Waals surface area contributed by atoms with Crippen LogP contribution in [-0.2, 0) is 16.1 Å². The Bertz CT molecular complexity index is 548. The van der Waals surface area contributed by atoms with Gasteiger partial charge in [-0.05, 0) is 36.8 Å². The molecule has 1 atom stereocenters. The van der Waals surface area contributed by atoms with Gasteiger partial charge in [-0.3, -0.25) is 0 Å². The molecule has 1 N–H and O–H groups in total. The quantitative estimate of drug-likeness (QED) is 0.850. The average molecular weight is 272 g/mol. The maximum atomic E-state index is 11.8. The third-order valence-electron chi connectivity index (χ3n) is 2.71. The first kappa shape index (κ1) is 13.9. The molecule has 4 nitrogen and oxygen atoms in total. The van der Waals surface area contributed by atoms with Gasteiger partial charge in [0.25, 0.3) is 0 Å². The first-order valence-corrected chi connectivity index (χ1v) is 6.31. The molecule has 4 heteroatoms. The van der Waals surface area contributed by atoms with Gasteiger partial charge in [-0.2, -0.15) is 0 Å². The van der Waals surface area contributed by atoms with Crippen LogP contribution in [0.25, 0.3) is 0 Å². The van der Waals surface area contributed by atoms with Gasteiger partial charge in [0.1, 0.15) is 18.1 Å². The number of esters is 1. The van der Waals surface area contributed by atoms with Crippen LogP contribution in [0.1, 0.15) is 12.5 Å². The van der Waals surface area contributed by atoms with Crippen LogP contribution in [0.4, 0.5) is 0 Å². The number of aromatic hydroxyl groups is 1. The van der Waals surface area contributed by atoms with Gasteiger partial charge >= 0.3 is 5.97 Å². The number of hydrogen-bond acceptors (Lipinski definition) is 4. The molecule has 104 valence electrons. The standard InChI is InChI=1S/C16H16O4/c1-12(20-15-9-7-14(17)8-10-15)16(18)19-11-13-5-3-2-4-6-13/h2-10,12,17H,11H2,1H3/t12-/m1/s1. The van der Waals surface area contributed by atoms with E-state index in [1.54, 1.807) is 19.1 Å². The third-order valence-corrected chi connectivity index (χ3v) is 2.71. The molecule has 0 saturated heterocycles. The lowest BCUT2D eigenvalue weighted by Crippen LogP contribution is -2.25. The van der Waals surface area contributed by atoms with E-state index in [2.05, 4.69) is 0 Å². The van der Waals surface area contributed by atoms with Gasteiger partial charge in [0.05, 0.1) is 0 Å². The lowest BCUT2D eigenvalue weighted by Gasteiger charge is -2.14. The Kier molecular flexibility index (Phi) is 4.60. The number of ether oxygens (including phenoxy) is 2. The van der Waals surface area contributed by atoms with Crippen LogP contribution in [0.5, 0.6) is 11.5 Å². The van der Waals surface area contributed by atoms with Crippen molar-refractivity contribution in [3.05, 3.63) is 60.2 Å². The summed E-state index contributed by atoms with van der Waals surface area (Å²) in [5.74, 6) is 0.227. The van der Waals surface area contributed by atoms with Crippen LogP contribution in [0.2, 0.25) is 0 Å². The van der Waals surface area contributed by atoms with E-state index in [1.165, 1.54) is 12.1 Å². The fraction of sp³-hybridized carbons (Fsp3) is 0.188. The summed E-state index contributed by atoms with van der Waals surface area (Å²) in [6.45, 7) is 1.85. The SMILES string of the molecule is C[C@@H](Oc1ccc(O)cc1)C(=O)OCc1ccccc1. The van der Waals surface area contributed by atoms with E-state index in [-0.39, 0.29) is 12.4 Å². The maximum Gasteiger partial charge on any atom is 0.347 e. The number of benzene rings is 2. The molecule has 0 aliphatic carbocycles. The molecule has 20 heavy (non-hydrogen) atoms. The molecular weight excluding hydrogens is 256 g/mol. The second-order valence-electron chi connectivity index (χ2n) is 4.35. The number of carbonyl (C=O) groups excluding carboxylic acids is 1. The minimum atomic E-state index is -0.705. The summed E-state index contributed by atoms with van der Waals surface area (Å²) in [6, 6.07) is 15.6. The molecule has 0 aliphatic rings. The molecule has 0 radical (unpaired) electrons. The Morgan fingerprint density at radius 2 is 1.75 bits per heavy atom. The molecule has 0 spiro atoms. The Morgan fingerprint density at radius 1 is 1.10 bits per heavy atom. The second-order valence-corrected chi connectivity index (χ2v) is 4.35. The van der Waals surface area contributed by atoms with Crippen molar-refractivity contribution >= 4 is 5.97 Å². The molecule has 0 amide bonds. The van der Waals surface area contributed by atoms with Gasteiger partial charge in [0.15, 0.2) is 6.10 Å².